The number of nitrogens with one attached hydrogen (secondary N) is 1. The molecule has 1 amide bonds. The lowest BCUT2D eigenvalue weighted by atomic mass is 10.1. The van der Waals surface area contributed by atoms with E-state index >= 15 is 0 Å². The molecule has 0 radical (unpaired) electrons. The second-order valence-electron chi connectivity index (χ2n) is 6.54. The highest BCUT2D eigenvalue weighted by molar-refractivity contribution is 7.92. The van der Waals surface area contributed by atoms with Gasteiger partial charge < -0.3 is 5.32 Å². The summed E-state index contributed by atoms with van der Waals surface area (Å²) in [4.78, 5) is 12.5. The number of hydrogen-bond acceptors (Lipinski definition) is 3. The molecule has 1 aromatic rings. The van der Waals surface area contributed by atoms with Crippen molar-refractivity contribution in [3.63, 3.8) is 0 Å². The minimum absolute atomic E-state index is 0.0221. The molecule has 1 rings (SSSR count). The number of aryl methyl sites for hydroxylation is 2. The van der Waals surface area contributed by atoms with E-state index in [-0.39, 0.29) is 17.9 Å². The molecule has 1 aromatic carbocycles. The quantitative estimate of drug-likeness (QED) is 0.865. The summed E-state index contributed by atoms with van der Waals surface area (Å²) in [5, 5.41) is 2.88. The minimum atomic E-state index is -3.58. The molecule has 23 heavy (non-hydrogen) atoms. The lowest BCUT2D eigenvalue weighted by Crippen LogP contribution is -2.50. The summed E-state index contributed by atoms with van der Waals surface area (Å²) < 4.78 is 25.7. The van der Waals surface area contributed by atoms with Crippen molar-refractivity contribution >= 4 is 21.6 Å². The van der Waals surface area contributed by atoms with Crippen LogP contribution in [-0.4, -0.2) is 32.7 Å². The first kappa shape index (κ1) is 19.5. The third-order valence-electron chi connectivity index (χ3n) is 4.20. The van der Waals surface area contributed by atoms with Gasteiger partial charge in [0, 0.05) is 6.04 Å². The first-order chi connectivity index (χ1) is 10.4. The smallest absolute Gasteiger partial charge is 0.243 e. The van der Waals surface area contributed by atoms with Gasteiger partial charge in [-0.15, -0.1) is 0 Å². The SMILES string of the molecule is Cc1ccc(N([C@H](C)C(=O)N[C@@H](C)C(C)C)S(C)(=O)=O)cc1C. The number of carbonyl (C=O) groups excluding carboxylic acids is 1. The predicted molar refractivity (Wildman–Crippen MR) is 95.1 cm³/mol. The van der Waals surface area contributed by atoms with Gasteiger partial charge in [-0.2, -0.15) is 0 Å². The number of amides is 1. The molecular weight excluding hydrogens is 312 g/mol. The molecule has 0 aliphatic carbocycles. The van der Waals surface area contributed by atoms with Gasteiger partial charge in [-0.1, -0.05) is 19.9 Å². The summed E-state index contributed by atoms with van der Waals surface area (Å²) >= 11 is 0. The van der Waals surface area contributed by atoms with E-state index in [4.69, 9.17) is 0 Å². The normalized spacial score (nSPS) is 14.4. The largest absolute Gasteiger partial charge is 0.352 e. The summed E-state index contributed by atoms with van der Waals surface area (Å²) in [6.07, 6.45) is 1.12. The molecule has 1 N–H and O–H groups in total. The van der Waals surface area contributed by atoms with Crippen molar-refractivity contribution in [3.05, 3.63) is 29.3 Å². The van der Waals surface area contributed by atoms with Gasteiger partial charge in [0.05, 0.1) is 11.9 Å². The molecule has 2 atom stereocenters. The van der Waals surface area contributed by atoms with Crippen LogP contribution in [0, 0.1) is 19.8 Å². The standard InChI is InChI=1S/C17H28N2O3S/c1-11(2)14(5)18-17(20)15(6)19(23(7,21)22)16-9-8-12(3)13(4)10-16/h8-11,14-15H,1-7H3,(H,18,20)/t14-,15+/m0/s1. The Morgan fingerprint density at radius 1 is 1.09 bits per heavy atom. The Bertz CT molecular complexity index is 668. The van der Waals surface area contributed by atoms with Crippen molar-refractivity contribution in [1.82, 2.24) is 5.32 Å². The Hall–Kier alpha value is -1.56. The third-order valence-corrected chi connectivity index (χ3v) is 5.45. The molecule has 6 heteroatoms. The van der Waals surface area contributed by atoms with E-state index in [0.29, 0.717) is 5.69 Å². The number of carbonyl (C=O) groups is 1. The first-order valence-electron chi connectivity index (χ1n) is 7.82. The van der Waals surface area contributed by atoms with Crippen LogP contribution in [0.5, 0.6) is 0 Å². The average Bonchev–Trinajstić information content (AvgIpc) is 2.41. The fourth-order valence-electron chi connectivity index (χ4n) is 2.18. The molecule has 0 saturated heterocycles. The van der Waals surface area contributed by atoms with Crippen molar-refractivity contribution in [2.24, 2.45) is 5.92 Å². The van der Waals surface area contributed by atoms with Crippen LogP contribution in [0.4, 0.5) is 5.69 Å². The number of rotatable bonds is 6. The number of sulfonamides is 1. The molecule has 0 heterocycles. The minimum Gasteiger partial charge on any atom is -0.352 e. The Morgan fingerprint density at radius 3 is 2.09 bits per heavy atom. The zero-order chi connectivity index (χ0) is 17.9. The molecule has 0 aromatic heterocycles. The number of hydrogen-bond donors (Lipinski definition) is 1. The average molecular weight is 340 g/mol. The summed E-state index contributed by atoms with van der Waals surface area (Å²) in [5.41, 5.74) is 2.57. The second-order valence-corrected chi connectivity index (χ2v) is 8.40. The van der Waals surface area contributed by atoms with Crippen LogP contribution < -0.4 is 9.62 Å². The molecule has 0 aliphatic heterocycles. The second kappa shape index (κ2) is 7.34. The fraction of sp³-hybridized carbons (Fsp3) is 0.588. The van der Waals surface area contributed by atoms with Gasteiger partial charge in [0.15, 0.2) is 0 Å². The highest BCUT2D eigenvalue weighted by Crippen LogP contribution is 2.23. The monoisotopic (exact) mass is 340 g/mol. The lowest BCUT2D eigenvalue weighted by molar-refractivity contribution is -0.122. The molecule has 5 nitrogen and oxygen atoms in total. The summed E-state index contributed by atoms with van der Waals surface area (Å²) in [5.74, 6) is -0.0192. The molecule has 130 valence electrons. The maximum Gasteiger partial charge on any atom is 0.243 e. The van der Waals surface area contributed by atoms with E-state index in [1.165, 1.54) is 4.31 Å². The van der Waals surface area contributed by atoms with Crippen molar-refractivity contribution in [1.29, 1.82) is 0 Å². The number of benzene rings is 1. The Labute approximate surface area is 140 Å². The highest BCUT2D eigenvalue weighted by atomic mass is 32.2. The summed E-state index contributed by atoms with van der Waals surface area (Å²) in [7, 11) is -3.58. The molecule has 0 saturated carbocycles. The maximum atomic E-state index is 12.5. The Balaban J connectivity index is 3.17. The van der Waals surface area contributed by atoms with E-state index < -0.39 is 16.1 Å². The van der Waals surface area contributed by atoms with E-state index in [2.05, 4.69) is 5.32 Å². The van der Waals surface area contributed by atoms with Crippen LogP contribution in [0.2, 0.25) is 0 Å². The molecule has 0 unspecified atom stereocenters. The Kier molecular flexibility index (Phi) is 6.22. The van der Waals surface area contributed by atoms with Gasteiger partial charge in [-0.3, -0.25) is 9.10 Å². The van der Waals surface area contributed by atoms with Crippen LogP contribution >= 0.6 is 0 Å². The highest BCUT2D eigenvalue weighted by Gasteiger charge is 2.30. The van der Waals surface area contributed by atoms with Crippen molar-refractivity contribution in [2.75, 3.05) is 10.6 Å². The van der Waals surface area contributed by atoms with E-state index in [9.17, 15) is 13.2 Å². The number of anilines is 1. The van der Waals surface area contributed by atoms with Gasteiger partial charge in [0.25, 0.3) is 0 Å². The third kappa shape index (κ3) is 4.96. The van der Waals surface area contributed by atoms with E-state index in [1.807, 2.05) is 40.7 Å². The predicted octanol–water partition coefficient (Wildman–Crippen LogP) is 2.62. The summed E-state index contributed by atoms with van der Waals surface area (Å²) in [6, 6.07) is 4.56. The van der Waals surface area contributed by atoms with E-state index in [1.54, 1.807) is 19.1 Å². The van der Waals surface area contributed by atoms with Crippen LogP contribution in [-0.2, 0) is 14.8 Å². The van der Waals surface area contributed by atoms with Gasteiger partial charge in [0.2, 0.25) is 15.9 Å². The molecular formula is C17H28N2O3S. The van der Waals surface area contributed by atoms with Crippen molar-refractivity contribution in [3.8, 4) is 0 Å². The first-order valence-corrected chi connectivity index (χ1v) is 9.67. The van der Waals surface area contributed by atoms with Gasteiger partial charge >= 0.3 is 0 Å². The van der Waals surface area contributed by atoms with Gasteiger partial charge in [-0.05, 0) is 56.9 Å². The molecule has 0 fully saturated rings. The molecule has 0 spiro atoms. The zero-order valence-corrected chi connectivity index (χ0v) is 15.9. The van der Waals surface area contributed by atoms with Gasteiger partial charge in [0.1, 0.15) is 6.04 Å². The lowest BCUT2D eigenvalue weighted by Gasteiger charge is -2.30. The summed E-state index contributed by atoms with van der Waals surface area (Å²) in [6.45, 7) is 11.4. The zero-order valence-electron chi connectivity index (χ0n) is 15.0. The van der Waals surface area contributed by atoms with Crippen molar-refractivity contribution < 1.29 is 13.2 Å². The van der Waals surface area contributed by atoms with Crippen LogP contribution in [0.15, 0.2) is 18.2 Å². The Morgan fingerprint density at radius 2 is 1.65 bits per heavy atom. The maximum absolute atomic E-state index is 12.5. The molecule has 0 bridgehead atoms. The van der Waals surface area contributed by atoms with Crippen LogP contribution in [0.3, 0.4) is 0 Å². The fourth-order valence-corrected chi connectivity index (χ4v) is 3.35. The molecule has 0 aliphatic rings. The van der Waals surface area contributed by atoms with Gasteiger partial charge in [-0.25, -0.2) is 8.42 Å². The van der Waals surface area contributed by atoms with E-state index in [0.717, 1.165) is 17.4 Å². The topological polar surface area (TPSA) is 66.5 Å². The van der Waals surface area contributed by atoms with Crippen LogP contribution in [0.25, 0.3) is 0 Å². The van der Waals surface area contributed by atoms with Crippen LogP contribution in [0.1, 0.15) is 38.8 Å². The number of nitrogens with zero attached hydrogens (tertiary/aromatic N) is 1. The van der Waals surface area contributed by atoms with Crippen molar-refractivity contribution in [2.45, 2.75) is 53.6 Å².